The van der Waals surface area contributed by atoms with Crippen molar-refractivity contribution in [1.82, 2.24) is 9.80 Å². The van der Waals surface area contributed by atoms with Crippen molar-refractivity contribution in [3.05, 3.63) is 0 Å². The van der Waals surface area contributed by atoms with Crippen LogP contribution in [0.5, 0.6) is 0 Å². The van der Waals surface area contributed by atoms with Crippen molar-refractivity contribution in [2.75, 3.05) is 26.7 Å². The molecule has 1 aliphatic heterocycles. The Labute approximate surface area is 255 Å². The SMILES string of the molecule is CCCC(C)(O)[C@H](O)[C@@H](C)N(C)C[C@H](C)CC(C)(O)C[C@@H](C)C(O[C@H]1CC(N(CC)CC)[C@H](O)[C@@H](C)O1)[C@@H](C)C(=O)O. The first-order valence-electron chi connectivity index (χ1n) is 16.1. The van der Waals surface area contributed by atoms with E-state index in [0.717, 1.165) is 19.5 Å². The summed E-state index contributed by atoms with van der Waals surface area (Å²) in [5, 5.41) is 53.6. The van der Waals surface area contributed by atoms with E-state index in [0.29, 0.717) is 32.2 Å². The molecule has 0 aromatic rings. The van der Waals surface area contributed by atoms with Crippen LogP contribution >= 0.6 is 0 Å². The van der Waals surface area contributed by atoms with Gasteiger partial charge < -0.3 is 39.9 Å². The zero-order chi connectivity index (χ0) is 32.6. The highest BCUT2D eigenvalue weighted by atomic mass is 16.7. The van der Waals surface area contributed by atoms with Gasteiger partial charge in [0.1, 0.15) is 0 Å². The summed E-state index contributed by atoms with van der Waals surface area (Å²) in [6.07, 6.45) is -0.894. The number of hydrogen-bond acceptors (Lipinski definition) is 9. The van der Waals surface area contributed by atoms with Crippen molar-refractivity contribution in [3.63, 3.8) is 0 Å². The summed E-state index contributed by atoms with van der Waals surface area (Å²) in [5.41, 5.74) is -2.26. The molecule has 42 heavy (non-hydrogen) atoms. The first-order valence-corrected chi connectivity index (χ1v) is 16.1. The number of likely N-dealkylation sites (N-methyl/N-ethyl adjacent to an activating group) is 2. The summed E-state index contributed by atoms with van der Waals surface area (Å²) in [4.78, 5) is 16.3. The van der Waals surface area contributed by atoms with E-state index in [4.69, 9.17) is 9.47 Å². The van der Waals surface area contributed by atoms with E-state index in [-0.39, 0.29) is 23.9 Å². The van der Waals surface area contributed by atoms with E-state index in [1.165, 1.54) is 0 Å². The molecule has 0 radical (unpaired) electrons. The van der Waals surface area contributed by atoms with E-state index in [2.05, 4.69) is 4.90 Å². The fourth-order valence-corrected chi connectivity index (χ4v) is 7.01. The largest absolute Gasteiger partial charge is 0.481 e. The number of hydrogen-bond donors (Lipinski definition) is 5. The molecular weight excluding hydrogens is 540 g/mol. The highest BCUT2D eigenvalue weighted by molar-refractivity contribution is 5.70. The lowest BCUT2D eigenvalue weighted by Crippen LogP contribution is -2.56. The Bertz CT molecular complexity index is 790. The fraction of sp³-hybridized carbons (Fsp3) is 0.969. The van der Waals surface area contributed by atoms with Crippen LogP contribution in [0.2, 0.25) is 0 Å². The molecule has 250 valence electrons. The van der Waals surface area contributed by atoms with Crippen molar-refractivity contribution >= 4 is 5.97 Å². The number of aliphatic hydroxyl groups excluding tert-OH is 2. The van der Waals surface area contributed by atoms with Crippen LogP contribution in [0.1, 0.15) is 101 Å². The summed E-state index contributed by atoms with van der Waals surface area (Å²) in [6, 6.07) is -0.430. The lowest BCUT2D eigenvalue weighted by atomic mass is 9.80. The van der Waals surface area contributed by atoms with E-state index in [1.807, 2.05) is 60.4 Å². The quantitative estimate of drug-likeness (QED) is 0.149. The number of rotatable bonds is 19. The third-order valence-electron chi connectivity index (χ3n) is 9.40. The van der Waals surface area contributed by atoms with Crippen molar-refractivity contribution in [2.45, 2.75) is 155 Å². The maximum Gasteiger partial charge on any atom is 0.308 e. The Kier molecular flexibility index (Phi) is 15.9. The number of carboxylic acid groups (broad SMARTS) is 1. The zero-order valence-corrected chi connectivity index (χ0v) is 28.3. The lowest BCUT2D eigenvalue weighted by molar-refractivity contribution is -0.263. The molecule has 0 amide bonds. The molecule has 1 heterocycles. The van der Waals surface area contributed by atoms with Crippen LogP contribution in [0.3, 0.4) is 0 Å². The second-order valence-electron chi connectivity index (χ2n) is 13.7. The molecule has 10 heteroatoms. The predicted octanol–water partition coefficient (Wildman–Crippen LogP) is 3.33. The van der Waals surface area contributed by atoms with E-state index in [1.54, 1.807) is 20.8 Å². The maximum absolute atomic E-state index is 12.1. The van der Waals surface area contributed by atoms with Gasteiger partial charge in [0.05, 0.1) is 41.5 Å². The lowest BCUT2D eigenvalue weighted by Gasteiger charge is -2.44. The molecule has 0 aliphatic carbocycles. The summed E-state index contributed by atoms with van der Waals surface area (Å²) < 4.78 is 12.4. The smallest absolute Gasteiger partial charge is 0.308 e. The molecule has 5 N–H and O–H groups in total. The molecule has 1 fully saturated rings. The van der Waals surface area contributed by atoms with Gasteiger partial charge in [-0.05, 0) is 85.9 Å². The topological polar surface area (TPSA) is 143 Å². The second kappa shape index (κ2) is 17.0. The minimum Gasteiger partial charge on any atom is -0.481 e. The van der Waals surface area contributed by atoms with Crippen LogP contribution in [0.4, 0.5) is 0 Å². The Balaban J connectivity index is 2.94. The third kappa shape index (κ3) is 11.3. The van der Waals surface area contributed by atoms with Gasteiger partial charge in [0.15, 0.2) is 6.29 Å². The molecule has 0 aromatic heterocycles. The molecule has 1 rings (SSSR count). The van der Waals surface area contributed by atoms with Crippen molar-refractivity contribution < 1.29 is 39.8 Å². The first-order chi connectivity index (χ1) is 19.3. The van der Waals surface area contributed by atoms with Gasteiger partial charge in [0.2, 0.25) is 0 Å². The van der Waals surface area contributed by atoms with Crippen LogP contribution in [-0.4, -0.2) is 122 Å². The van der Waals surface area contributed by atoms with Gasteiger partial charge in [-0.15, -0.1) is 0 Å². The van der Waals surface area contributed by atoms with Gasteiger partial charge in [-0.2, -0.15) is 0 Å². The molecule has 0 spiro atoms. The molecule has 0 bridgehead atoms. The van der Waals surface area contributed by atoms with Crippen molar-refractivity contribution in [1.29, 1.82) is 0 Å². The number of aliphatic hydroxyl groups is 4. The Hall–Kier alpha value is -0.850. The Morgan fingerprint density at radius 1 is 1.07 bits per heavy atom. The molecule has 10 nitrogen and oxygen atoms in total. The monoisotopic (exact) mass is 604 g/mol. The normalized spacial score (nSPS) is 28.9. The first kappa shape index (κ1) is 39.2. The summed E-state index contributed by atoms with van der Waals surface area (Å²) in [7, 11) is 1.91. The average molecular weight is 605 g/mol. The number of nitrogens with zero attached hydrogens (tertiary/aromatic N) is 2. The van der Waals surface area contributed by atoms with E-state index in [9.17, 15) is 30.3 Å². The second-order valence-corrected chi connectivity index (χ2v) is 13.7. The fourth-order valence-electron chi connectivity index (χ4n) is 7.01. The molecule has 1 saturated heterocycles. The number of carbonyl (C=O) groups is 1. The number of carboxylic acids is 1. The van der Waals surface area contributed by atoms with Crippen molar-refractivity contribution in [3.8, 4) is 0 Å². The molecule has 1 aliphatic rings. The minimum atomic E-state index is -1.17. The van der Waals surface area contributed by atoms with Gasteiger partial charge in [-0.25, -0.2) is 0 Å². The number of ether oxygens (including phenoxy) is 2. The van der Waals surface area contributed by atoms with Gasteiger partial charge in [0.25, 0.3) is 0 Å². The summed E-state index contributed by atoms with van der Waals surface area (Å²) in [6.45, 7) is 21.0. The molecule has 0 aromatic carbocycles. The van der Waals surface area contributed by atoms with E-state index < -0.39 is 53.8 Å². The van der Waals surface area contributed by atoms with Crippen LogP contribution in [0.25, 0.3) is 0 Å². The van der Waals surface area contributed by atoms with E-state index >= 15 is 0 Å². The Morgan fingerprint density at radius 3 is 2.14 bits per heavy atom. The van der Waals surface area contributed by atoms with Crippen LogP contribution < -0.4 is 0 Å². The molecule has 4 unspecified atom stereocenters. The van der Waals surface area contributed by atoms with Gasteiger partial charge in [-0.3, -0.25) is 9.69 Å². The standard InChI is InChI=1S/C32H64N2O8/c1-12-15-32(10,40)29(36)23(7)33(11)19-20(4)17-31(9,39)18-21(5)28(22(6)30(37)38)42-26-16-25(34(13-2)14-3)27(35)24(8)41-26/h20-29,35-36,39-40H,12-19H2,1-11H3,(H,37,38)/t20-,21-,22-,23-,24-,25?,26+,27-,28?,29-,31?,32?/m1/s1. The Morgan fingerprint density at radius 2 is 1.64 bits per heavy atom. The molecule has 12 atom stereocenters. The molecule has 0 saturated carbocycles. The zero-order valence-electron chi connectivity index (χ0n) is 28.3. The number of aliphatic carboxylic acids is 1. The van der Waals surface area contributed by atoms with Crippen LogP contribution in [-0.2, 0) is 14.3 Å². The summed E-state index contributed by atoms with van der Waals surface area (Å²) in [5.74, 6) is -2.02. The van der Waals surface area contributed by atoms with Gasteiger partial charge in [0, 0.05) is 25.0 Å². The predicted molar refractivity (Wildman–Crippen MR) is 165 cm³/mol. The highest BCUT2D eigenvalue weighted by Gasteiger charge is 2.42. The van der Waals surface area contributed by atoms with Crippen molar-refractivity contribution in [2.24, 2.45) is 17.8 Å². The minimum absolute atomic E-state index is 0.0677. The third-order valence-corrected chi connectivity index (χ3v) is 9.40. The highest BCUT2D eigenvalue weighted by Crippen LogP contribution is 2.34. The van der Waals surface area contributed by atoms with Gasteiger partial charge in [-0.1, -0.05) is 41.0 Å². The van der Waals surface area contributed by atoms with Crippen LogP contribution in [0, 0.1) is 17.8 Å². The van der Waals surface area contributed by atoms with Gasteiger partial charge >= 0.3 is 5.97 Å². The van der Waals surface area contributed by atoms with Crippen LogP contribution in [0.15, 0.2) is 0 Å². The average Bonchev–Trinajstić information content (AvgIpc) is 2.88. The summed E-state index contributed by atoms with van der Waals surface area (Å²) >= 11 is 0. The maximum atomic E-state index is 12.1. The molecular formula is C32H64N2O8.